The van der Waals surface area contributed by atoms with Crippen LogP contribution in [0.3, 0.4) is 0 Å². The second kappa shape index (κ2) is 7.45. The maximum absolute atomic E-state index is 12.6. The van der Waals surface area contributed by atoms with Crippen molar-refractivity contribution >= 4 is 16.9 Å². The zero-order chi connectivity index (χ0) is 22.3. The summed E-state index contributed by atoms with van der Waals surface area (Å²) < 4.78 is 7.50. The molecule has 0 aliphatic rings. The molecule has 0 radical (unpaired) electrons. The standard InChI is InChI=1S/C24H22N2O5/c1-24(2,30)14-9-10-20(31-15-7-5-4-6-8-15)16(11-14)18-13-26(3)22(27)21-17(18)12-19(25-21)23(28)29/h4-13,25,30H,1-3H3,(H,28,29). The molecule has 4 rings (SSSR count). The van der Waals surface area contributed by atoms with Crippen LogP contribution >= 0.6 is 0 Å². The predicted octanol–water partition coefficient (Wildman–Crippen LogP) is 4.25. The number of pyridine rings is 1. The van der Waals surface area contributed by atoms with E-state index < -0.39 is 11.6 Å². The van der Waals surface area contributed by atoms with E-state index in [1.165, 1.54) is 10.6 Å². The summed E-state index contributed by atoms with van der Waals surface area (Å²) in [6, 6.07) is 16.0. The highest BCUT2D eigenvalue weighted by atomic mass is 16.5. The predicted molar refractivity (Wildman–Crippen MR) is 118 cm³/mol. The molecule has 7 nitrogen and oxygen atoms in total. The topological polar surface area (TPSA) is 105 Å². The van der Waals surface area contributed by atoms with E-state index in [9.17, 15) is 19.8 Å². The van der Waals surface area contributed by atoms with Crippen molar-refractivity contribution in [3.05, 3.63) is 82.4 Å². The third kappa shape index (κ3) is 3.83. The lowest BCUT2D eigenvalue weighted by molar-refractivity contribution is 0.0691. The van der Waals surface area contributed by atoms with Gasteiger partial charge in [0.25, 0.3) is 5.56 Å². The number of benzene rings is 2. The highest BCUT2D eigenvalue weighted by Gasteiger charge is 2.22. The Morgan fingerprint density at radius 3 is 2.42 bits per heavy atom. The summed E-state index contributed by atoms with van der Waals surface area (Å²) in [5.41, 5.74) is 0.553. The molecule has 0 atom stereocenters. The molecule has 158 valence electrons. The Bertz CT molecular complexity index is 1340. The molecule has 0 bridgehead atoms. The summed E-state index contributed by atoms with van der Waals surface area (Å²) in [4.78, 5) is 26.8. The lowest BCUT2D eigenvalue weighted by Crippen LogP contribution is -2.17. The molecule has 4 aromatic rings. The summed E-state index contributed by atoms with van der Waals surface area (Å²) in [5.74, 6) is -0.0199. The summed E-state index contributed by atoms with van der Waals surface area (Å²) in [5, 5.41) is 20.4. The highest BCUT2D eigenvalue weighted by molar-refractivity contribution is 6.01. The van der Waals surface area contributed by atoms with E-state index in [0.717, 1.165) is 0 Å². The van der Waals surface area contributed by atoms with Crippen molar-refractivity contribution in [2.24, 2.45) is 7.05 Å². The molecule has 0 spiro atoms. The number of aromatic carboxylic acids is 1. The van der Waals surface area contributed by atoms with Gasteiger partial charge in [0.15, 0.2) is 0 Å². The van der Waals surface area contributed by atoms with Gasteiger partial charge < -0.3 is 24.5 Å². The van der Waals surface area contributed by atoms with Crippen LogP contribution in [0.25, 0.3) is 22.0 Å². The Hall–Kier alpha value is -3.84. The first-order valence-electron chi connectivity index (χ1n) is 9.71. The molecule has 7 heteroatoms. The third-order valence-corrected chi connectivity index (χ3v) is 5.14. The van der Waals surface area contributed by atoms with Crippen molar-refractivity contribution in [3.8, 4) is 22.6 Å². The maximum atomic E-state index is 12.6. The molecule has 0 amide bonds. The number of carboxylic acid groups (broad SMARTS) is 1. The number of hydrogen-bond donors (Lipinski definition) is 3. The van der Waals surface area contributed by atoms with E-state index in [4.69, 9.17) is 4.74 Å². The number of nitrogens with one attached hydrogen (secondary N) is 1. The first-order valence-corrected chi connectivity index (χ1v) is 9.71. The minimum atomic E-state index is -1.16. The minimum absolute atomic E-state index is 0.0799. The zero-order valence-corrected chi connectivity index (χ0v) is 17.3. The number of aromatic nitrogens is 2. The van der Waals surface area contributed by atoms with Gasteiger partial charge in [-0.05, 0) is 49.7 Å². The SMILES string of the molecule is Cn1cc(-c2cc(C(C)(C)O)ccc2Oc2ccccc2)c2cc(C(=O)O)[nH]c2c1=O. The number of nitrogens with zero attached hydrogens (tertiary/aromatic N) is 1. The molecule has 0 aliphatic carbocycles. The van der Waals surface area contributed by atoms with Crippen LogP contribution in [-0.4, -0.2) is 25.7 Å². The Kier molecular flexibility index (Phi) is 4.91. The van der Waals surface area contributed by atoms with Gasteiger partial charge in [-0.15, -0.1) is 0 Å². The fourth-order valence-corrected chi connectivity index (χ4v) is 3.49. The summed E-state index contributed by atoms with van der Waals surface area (Å²) in [6.45, 7) is 3.36. The van der Waals surface area contributed by atoms with Crippen LogP contribution in [0, 0.1) is 0 Å². The number of fused-ring (bicyclic) bond motifs is 1. The van der Waals surface area contributed by atoms with Crippen molar-refractivity contribution in [1.29, 1.82) is 0 Å². The average molecular weight is 418 g/mol. The van der Waals surface area contributed by atoms with Gasteiger partial charge in [0.05, 0.1) is 5.60 Å². The molecule has 2 aromatic carbocycles. The van der Waals surface area contributed by atoms with Crippen molar-refractivity contribution < 1.29 is 19.7 Å². The number of aliphatic hydroxyl groups is 1. The molecule has 31 heavy (non-hydrogen) atoms. The summed E-state index contributed by atoms with van der Waals surface area (Å²) in [7, 11) is 1.60. The highest BCUT2D eigenvalue weighted by Crippen LogP contribution is 2.39. The fraction of sp³-hybridized carbons (Fsp3) is 0.167. The van der Waals surface area contributed by atoms with Crippen molar-refractivity contribution in [1.82, 2.24) is 9.55 Å². The maximum Gasteiger partial charge on any atom is 0.352 e. The van der Waals surface area contributed by atoms with Gasteiger partial charge in [0, 0.05) is 29.8 Å². The number of aromatic amines is 1. The number of rotatable bonds is 5. The van der Waals surface area contributed by atoms with Crippen LogP contribution in [0.4, 0.5) is 0 Å². The number of para-hydroxylation sites is 1. The normalized spacial score (nSPS) is 11.6. The first kappa shape index (κ1) is 20.4. The lowest BCUT2D eigenvalue weighted by Gasteiger charge is -2.21. The zero-order valence-electron chi connectivity index (χ0n) is 17.3. The number of ether oxygens (including phenoxy) is 1. The van der Waals surface area contributed by atoms with E-state index in [1.807, 2.05) is 30.3 Å². The summed E-state index contributed by atoms with van der Waals surface area (Å²) in [6.07, 6.45) is 1.64. The molecule has 0 saturated heterocycles. The van der Waals surface area contributed by atoms with Gasteiger partial charge in [-0.3, -0.25) is 4.79 Å². The van der Waals surface area contributed by atoms with E-state index in [-0.39, 0.29) is 16.8 Å². The van der Waals surface area contributed by atoms with Crippen LogP contribution in [0.2, 0.25) is 0 Å². The monoisotopic (exact) mass is 418 g/mol. The van der Waals surface area contributed by atoms with Gasteiger partial charge in [0.1, 0.15) is 22.7 Å². The molecule has 0 saturated carbocycles. The number of carboxylic acids is 1. The van der Waals surface area contributed by atoms with Gasteiger partial charge in [-0.2, -0.15) is 0 Å². The van der Waals surface area contributed by atoms with E-state index >= 15 is 0 Å². The van der Waals surface area contributed by atoms with E-state index in [0.29, 0.717) is 33.6 Å². The molecule has 2 heterocycles. The first-order chi connectivity index (χ1) is 14.6. The van der Waals surface area contributed by atoms with Crippen LogP contribution < -0.4 is 10.3 Å². The second-order valence-electron chi connectivity index (χ2n) is 7.92. The number of aryl methyl sites for hydroxylation is 1. The number of carbonyl (C=O) groups is 1. The number of H-pyrrole nitrogens is 1. The van der Waals surface area contributed by atoms with Gasteiger partial charge in [-0.25, -0.2) is 4.79 Å². The summed E-state index contributed by atoms with van der Waals surface area (Å²) >= 11 is 0. The Balaban J connectivity index is 2.01. The second-order valence-corrected chi connectivity index (χ2v) is 7.92. The molecule has 3 N–H and O–H groups in total. The van der Waals surface area contributed by atoms with Crippen molar-refractivity contribution in [2.45, 2.75) is 19.4 Å². The fourth-order valence-electron chi connectivity index (χ4n) is 3.49. The molecule has 0 fully saturated rings. The largest absolute Gasteiger partial charge is 0.477 e. The molecule has 0 unspecified atom stereocenters. The lowest BCUT2D eigenvalue weighted by atomic mass is 9.93. The Morgan fingerprint density at radius 1 is 1.06 bits per heavy atom. The molecule has 0 aliphatic heterocycles. The van der Waals surface area contributed by atoms with Gasteiger partial charge >= 0.3 is 5.97 Å². The van der Waals surface area contributed by atoms with Crippen LogP contribution in [0.15, 0.2) is 65.6 Å². The van der Waals surface area contributed by atoms with Gasteiger partial charge in [0.2, 0.25) is 0 Å². The van der Waals surface area contributed by atoms with Crippen molar-refractivity contribution in [3.63, 3.8) is 0 Å². The quantitative estimate of drug-likeness (QED) is 0.449. The number of hydrogen-bond acceptors (Lipinski definition) is 4. The molecular weight excluding hydrogens is 396 g/mol. The van der Waals surface area contributed by atoms with Crippen LogP contribution in [-0.2, 0) is 12.6 Å². The molecule has 2 aromatic heterocycles. The minimum Gasteiger partial charge on any atom is -0.477 e. The van der Waals surface area contributed by atoms with E-state index in [2.05, 4.69) is 4.98 Å². The molecular formula is C24H22N2O5. The smallest absolute Gasteiger partial charge is 0.352 e. The Labute approximate surface area is 178 Å². The Morgan fingerprint density at radius 2 is 1.77 bits per heavy atom. The average Bonchev–Trinajstić information content (AvgIpc) is 3.17. The van der Waals surface area contributed by atoms with E-state index in [1.54, 1.807) is 45.3 Å². The van der Waals surface area contributed by atoms with Crippen molar-refractivity contribution in [2.75, 3.05) is 0 Å². The third-order valence-electron chi connectivity index (χ3n) is 5.14. The van der Waals surface area contributed by atoms with Gasteiger partial charge in [-0.1, -0.05) is 24.3 Å². The van der Waals surface area contributed by atoms with Crippen LogP contribution in [0.1, 0.15) is 29.9 Å². The van der Waals surface area contributed by atoms with Crippen LogP contribution in [0.5, 0.6) is 11.5 Å².